The zero-order valence-corrected chi connectivity index (χ0v) is 14.6. The quantitative estimate of drug-likeness (QED) is 0.852. The van der Waals surface area contributed by atoms with Crippen LogP contribution in [-0.2, 0) is 13.6 Å². The highest BCUT2D eigenvalue weighted by Gasteiger charge is 2.38. The van der Waals surface area contributed by atoms with Gasteiger partial charge in [0, 0.05) is 37.9 Å². The van der Waals surface area contributed by atoms with Gasteiger partial charge in [0.05, 0.1) is 17.5 Å². The first kappa shape index (κ1) is 16.9. The largest absolute Gasteiger partial charge is 0.437 e. The smallest absolute Gasteiger partial charge is 0.222 e. The van der Waals surface area contributed by atoms with Gasteiger partial charge in [-0.25, -0.2) is 4.68 Å². The standard InChI is InChI=1S/C18H26N4O2/c1-13-15(11-20-16-7-4-8-18(16,2)12-23)17(22(3)21-13)24-14-6-5-9-19-10-14/h5-6,9-10,16,20,23H,4,7-8,11-12H2,1-3H3/t16-,18-/m1/s1. The molecule has 0 aliphatic heterocycles. The van der Waals surface area contributed by atoms with Crippen molar-refractivity contribution in [2.24, 2.45) is 12.5 Å². The second-order valence-corrected chi connectivity index (χ2v) is 6.92. The summed E-state index contributed by atoms with van der Waals surface area (Å²) in [5.41, 5.74) is 1.96. The number of hydrogen-bond acceptors (Lipinski definition) is 5. The molecular formula is C18H26N4O2. The summed E-state index contributed by atoms with van der Waals surface area (Å²) in [4.78, 5) is 4.09. The fourth-order valence-electron chi connectivity index (χ4n) is 3.53. The number of aryl methyl sites for hydroxylation is 2. The van der Waals surface area contributed by atoms with Crippen LogP contribution in [0.15, 0.2) is 24.5 Å². The molecule has 130 valence electrons. The maximum Gasteiger partial charge on any atom is 0.222 e. The molecule has 2 aromatic heterocycles. The van der Waals surface area contributed by atoms with E-state index in [0.29, 0.717) is 18.3 Å². The Kier molecular flexibility index (Phi) is 4.87. The van der Waals surface area contributed by atoms with E-state index in [2.05, 4.69) is 22.3 Å². The molecule has 2 heterocycles. The molecule has 0 saturated heterocycles. The van der Waals surface area contributed by atoms with Crippen molar-refractivity contribution in [3.05, 3.63) is 35.8 Å². The molecule has 0 radical (unpaired) electrons. The third kappa shape index (κ3) is 3.30. The van der Waals surface area contributed by atoms with Crippen molar-refractivity contribution < 1.29 is 9.84 Å². The first-order chi connectivity index (χ1) is 11.5. The first-order valence-electron chi connectivity index (χ1n) is 8.48. The molecule has 6 heteroatoms. The van der Waals surface area contributed by atoms with Gasteiger partial charge in [-0.3, -0.25) is 4.98 Å². The molecule has 2 N–H and O–H groups in total. The summed E-state index contributed by atoms with van der Waals surface area (Å²) in [5.74, 6) is 1.43. The molecule has 0 amide bonds. The lowest BCUT2D eigenvalue weighted by atomic mass is 9.86. The number of ether oxygens (including phenoxy) is 1. The minimum absolute atomic E-state index is 0.0412. The van der Waals surface area contributed by atoms with Crippen LogP contribution in [-0.4, -0.2) is 32.5 Å². The van der Waals surface area contributed by atoms with Gasteiger partial charge in [-0.1, -0.05) is 13.3 Å². The molecule has 0 spiro atoms. The monoisotopic (exact) mass is 330 g/mol. The second kappa shape index (κ2) is 6.91. The van der Waals surface area contributed by atoms with E-state index in [9.17, 15) is 5.11 Å². The predicted molar refractivity (Wildman–Crippen MR) is 91.9 cm³/mol. The van der Waals surface area contributed by atoms with E-state index in [0.717, 1.165) is 36.4 Å². The van der Waals surface area contributed by atoms with Gasteiger partial charge in [0.25, 0.3) is 0 Å². The fraction of sp³-hybridized carbons (Fsp3) is 0.556. The van der Waals surface area contributed by atoms with Gasteiger partial charge >= 0.3 is 0 Å². The number of hydrogen-bond donors (Lipinski definition) is 2. The molecule has 24 heavy (non-hydrogen) atoms. The molecule has 1 saturated carbocycles. The number of aliphatic hydroxyl groups excluding tert-OH is 1. The number of pyridine rings is 1. The van der Waals surface area contributed by atoms with Gasteiger partial charge in [0.2, 0.25) is 5.88 Å². The Bertz CT molecular complexity index is 686. The molecule has 0 bridgehead atoms. The Labute approximate surface area is 142 Å². The summed E-state index contributed by atoms with van der Waals surface area (Å²) in [5, 5.41) is 17.8. The predicted octanol–water partition coefficient (Wildman–Crippen LogP) is 2.56. The number of rotatable bonds is 6. The van der Waals surface area contributed by atoms with Crippen LogP contribution >= 0.6 is 0 Å². The van der Waals surface area contributed by atoms with E-state index in [-0.39, 0.29) is 12.0 Å². The zero-order valence-electron chi connectivity index (χ0n) is 14.6. The molecule has 2 aromatic rings. The summed E-state index contributed by atoms with van der Waals surface area (Å²) in [7, 11) is 1.88. The number of nitrogens with zero attached hydrogens (tertiary/aromatic N) is 3. The van der Waals surface area contributed by atoms with Gasteiger partial charge in [-0.2, -0.15) is 5.10 Å². The van der Waals surface area contributed by atoms with Crippen molar-refractivity contribution >= 4 is 0 Å². The van der Waals surface area contributed by atoms with Gasteiger partial charge in [-0.05, 0) is 31.9 Å². The molecule has 6 nitrogen and oxygen atoms in total. The number of aromatic nitrogens is 3. The van der Waals surface area contributed by atoms with Crippen molar-refractivity contribution in [2.45, 2.75) is 45.7 Å². The van der Waals surface area contributed by atoms with Crippen LogP contribution < -0.4 is 10.1 Å². The Balaban J connectivity index is 1.76. The van der Waals surface area contributed by atoms with Gasteiger partial charge < -0.3 is 15.2 Å². The van der Waals surface area contributed by atoms with Gasteiger partial charge in [0.15, 0.2) is 0 Å². The van der Waals surface area contributed by atoms with Crippen molar-refractivity contribution in [3.8, 4) is 11.6 Å². The Morgan fingerprint density at radius 3 is 3.04 bits per heavy atom. The summed E-state index contributed by atoms with van der Waals surface area (Å²) in [6.07, 6.45) is 6.72. The highest BCUT2D eigenvalue weighted by Crippen LogP contribution is 2.38. The SMILES string of the molecule is Cc1nn(C)c(Oc2cccnc2)c1CN[C@@H]1CCC[C@]1(C)CO. The second-order valence-electron chi connectivity index (χ2n) is 6.92. The number of nitrogens with one attached hydrogen (secondary N) is 1. The van der Waals surface area contributed by atoms with E-state index in [1.165, 1.54) is 0 Å². The van der Waals surface area contributed by atoms with E-state index < -0.39 is 0 Å². The highest BCUT2D eigenvalue weighted by atomic mass is 16.5. The highest BCUT2D eigenvalue weighted by molar-refractivity contribution is 5.34. The van der Waals surface area contributed by atoms with E-state index in [4.69, 9.17) is 4.74 Å². The molecule has 0 aromatic carbocycles. The first-order valence-corrected chi connectivity index (χ1v) is 8.48. The van der Waals surface area contributed by atoms with Crippen molar-refractivity contribution in [1.29, 1.82) is 0 Å². The van der Waals surface area contributed by atoms with Crippen molar-refractivity contribution in [3.63, 3.8) is 0 Å². The van der Waals surface area contributed by atoms with Crippen molar-refractivity contribution in [2.75, 3.05) is 6.61 Å². The zero-order chi connectivity index (χ0) is 17.2. The van der Waals surface area contributed by atoms with Crippen LogP contribution in [0.3, 0.4) is 0 Å². The minimum Gasteiger partial charge on any atom is -0.437 e. The summed E-state index contributed by atoms with van der Waals surface area (Å²) in [6.45, 7) is 5.04. The summed E-state index contributed by atoms with van der Waals surface area (Å²) < 4.78 is 7.77. The third-order valence-corrected chi connectivity index (χ3v) is 5.11. The van der Waals surface area contributed by atoms with Crippen LogP contribution in [0, 0.1) is 12.3 Å². The molecule has 1 fully saturated rings. The normalized spacial score (nSPS) is 23.6. The number of aliphatic hydroxyl groups is 1. The molecular weight excluding hydrogens is 304 g/mol. The van der Waals surface area contributed by atoms with Crippen LogP contribution in [0.5, 0.6) is 11.6 Å². The lowest BCUT2D eigenvalue weighted by molar-refractivity contribution is 0.118. The van der Waals surface area contributed by atoms with Crippen LogP contribution in [0.4, 0.5) is 0 Å². The maximum atomic E-state index is 9.71. The van der Waals surface area contributed by atoms with Gasteiger partial charge in [0.1, 0.15) is 5.75 Å². The molecule has 2 atom stereocenters. The maximum absolute atomic E-state index is 9.71. The molecule has 3 rings (SSSR count). The van der Waals surface area contributed by atoms with E-state index >= 15 is 0 Å². The van der Waals surface area contributed by atoms with E-state index in [1.54, 1.807) is 17.1 Å². The third-order valence-electron chi connectivity index (χ3n) is 5.11. The molecule has 0 unspecified atom stereocenters. The van der Waals surface area contributed by atoms with E-state index in [1.807, 2.05) is 26.1 Å². The van der Waals surface area contributed by atoms with Crippen molar-refractivity contribution in [1.82, 2.24) is 20.1 Å². The molecule has 1 aliphatic carbocycles. The van der Waals surface area contributed by atoms with Crippen LogP contribution in [0.1, 0.15) is 37.4 Å². The fourth-order valence-corrected chi connectivity index (χ4v) is 3.53. The Morgan fingerprint density at radius 1 is 1.50 bits per heavy atom. The van der Waals surface area contributed by atoms with Gasteiger partial charge in [-0.15, -0.1) is 0 Å². The average Bonchev–Trinajstić information content (AvgIpc) is 3.08. The molecule has 1 aliphatic rings. The van der Waals surface area contributed by atoms with Crippen LogP contribution in [0.25, 0.3) is 0 Å². The summed E-state index contributed by atoms with van der Waals surface area (Å²) in [6, 6.07) is 4.04. The lowest BCUT2D eigenvalue weighted by Crippen LogP contribution is -2.41. The Morgan fingerprint density at radius 2 is 2.33 bits per heavy atom. The summed E-state index contributed by atoms with van der Waals surface area (Å²) >= 11 is 0. The lowest BCUT2D eigenvalue weighted by Gasteiger charge is -2.30. The minimum atomic E-state index is -0.0412. The Hall–Kier alpha value is -1.92. The van der Waals surface area contributed by atoms with Crippen LogP contribution in [0.2, 0.25) is 0 Å². The average molecular weight is 330 g/mol. The topological polar surface area (TPSA) is 72.2 Å².